The van der Waals surface area contributed by atoms with Gasteiger partial charge in [-0.3, -0.25) is 0 Å². The summed E-state index contributed by atoms with van der Waals surface area (Å²) in [5, 5.41) is 15.3. The lowest BCUT2D eigenvalue weighted by Crippen LogP contribution is -2.35. The highest BCUT2D eigenvalue weighted by molar-refractivity contribution is 5.97. The summed E-state index contributed by atoms with van der Waals surface area (Å²) in [5.41, 5.74) is 3.23. The molecule has 0 heterocycles. The average molecular weight is 349 g/mol. The number of fused-ring (bicyclic) bond motifs is 1. The third-order valence-corrected chi connectivity index (χ3v) is 4.95. The normalized spacial score (nSPS) is 18.7. The smallest absolute Gasteiger partial charge is 0.308 e. The number of amides is 2. The molecule has 0 aliphatic heterocycles. The number of benzene rings is 2. The molecule has 0 fully saturated rings. The molecule has 26 heavy (non-hydrogen) atoms. The van der Waals surface area contributed by atoms with Gasteiger partial charge in [0.05, 0.1) is 17.3 Å². The maximum absolute atomic E-state index is 13.0. The largest absolute Gasteiger partial charge is 0.323 e. The van der Waals surface area contributed by atoms with Crippen molar-refractivity contribution in [3.05, 3.63) is 71.0 Å². The first-order valence-electron chi connectivity index (χ1n) is 8.53. The number of halogens is 1. The van der Waals surface area contributed by atoms with Crippen molar-refractivity contribution in [2.75, 3.05) is 5.32 Å². The second-order valence-electron chi connectivity index (χ2n) is 6.70. The Kier molecular flexibility index (Phi) is 4.77. The molecule has 2 amide bonds. The van der Waals surface area contributed by atoms with Crippen LogP contribution in [0.4, 0.5) is 14.9 Å². The number of nitriles is 1. The summed E-state index contributed by atoms with van der Waals surface area (Å²) in [7, 11) is 0. The molecule has 1 aliphatic carbocycles. The van der Waals surface area contributed by atoms with Gasteiger partial charge in [-0.25, -0.2) is 9.18 Å². The van der Waals surface area contributed by atoms with Crippen molar-refractivity contribution in [3.8, 4) is 6.07 Å². The van der Waals surface area contributed by atoms with Gasteiger partial charge in [0, 0.05) is 16.7 Å². The first-order valence-corrected chi connectivity index (χ1v) is 8.53. The quantitative estimate of drug-likeness (QED) is 0.831. The molecule has 2 aromatic rings. The van der Waals surface area contributed by atoms with Gasteiger partial charge < -0.3 is 10.6 Å². The number of anilines is 1. The van der Waals surface area contributed by atoms with Crippen molar-refractivity contribution < 1.29 is 9.18 Å². The highest BCUT2D eigenvalue weighted by Crippen LogP contribution is 2.43. The van der Waals surface area contributed by atoms with E-state index in [9.17, 15) is 14.4 Å². The summed E-state index contributed by atoms with van der Waals surface area (Å²) >= 11 is 0. The van der Waals surface area contributed by atoms with E-state index in [1.165, 1.54) is 24.3 Å². The number of nitrogens with one attached hydrogen (secondary N) is 2. The number of rotatable bonds is 3. The highest BCUT2D eigenvalue weighted by Gasteiger charge is 2.36. The Balaban J connectivity index is 1.95. The topological polar surface area (TPSA) is 64.9 Å². The summed E-state index contributed by atoms with van der Waals surface area (Å²) in [6, 6.07) is 15.2. The zero-order valence-electron chi connectivity index (χ0n) is 14.8. The van der Waals surface area contributed by atoms with E-state index in [1.807, 2.05) is 38.1 Å². The van der Waals surface area contributed by atoms with Crippen LogP contribution in [0.3, 0.4) is 0 Å². The standard InChI is InChI=1S/C21H20FN3O/c1-3-21(2)12-14-6-4-5-7-17(14)19(18(21)13-23)25-20(26)24-16-10-8-15(22)9-11-16/h4-11H,3,12H2,1-2H3,(H2,24,25,26). The predicted octanol–water partition coefficient (Wildman–Crippen LogP) is 4.85. The molecule has 132 valence electrons. The molecule has 5 heteroatoms. The van der Waals surface area contributed by atoms with Crippen LogP contribution in [0, 0.1) is 22.6 Å². The molecular weight excluding hydrogens is 329 g/mol. The number of hydrogen-bond acceptors (Lipinski definition) is 2. The molecule has 2 N–H and O–H groups in total. The van der Waals surface area contributed by atoms with Crippen LogP contribution in [0.15, 0.2) is 54.1 Å². The average Bonchev–Trinajstić information content (AvgIpc) is 2.63. The molecule has 0 saturated heterocycles. The molecule has 3 rings (SSSR count). The van der Waals surface area contributed by atoms with Gasteiger partial charge in [0.1, 0.15) is 5.82 Å². The summed E-state index contributed by atoms with van der Waals surface area (Å²) in [5.74, 6) is -0.370. The van der Waals surface area contributed by atoms with Gasteiger partial charge in [-0.1, -0.05) is 38.1 Å². The zero-order chi connectivity index (χ0) is 18.7. The third kappa shape index (κ3) is 3.31. The Labute approximate surface area is 152 Å². The van der Waals surface area contributed by atoms with E-state index in [-0.39, 0.29) is 11.2 Å². The van der Waals surface area contributed by atoms with E-state index in [1.54, 1.807) is 0 Å². The van der Waals surface area contributed by atoms with E-state index in [2.05, 4.69) is 16.7 Å². The minimum atomic E-state index is -0.463. The molecule has 0 spiro atoms. The molecule has 0 bridgehead atoms. The lowest BCUT2D eigenvalue weighted by molar-refractivity contribution is 0.255. The van der Waals surface area contributed by atoms with Crippen LogP contribution in [0.1, 0.15) is 31.4 Å². The second-order valence-corrected chi connectivity index (χ2v) is 6.70. The molecule has 4 nitrogen and oxygen atoms in total. The summed E-state index contributed by atoms with van der Waals surface area (Å²) in [4.78, 5) is 12.5. The molecule has 2 aromatic carbocycles. The third-order valence-electron chi connectivity index (χ3n) is 4.95. The van der Waals surface area contributed by atoms with Gasteiger partial charge in [0.15, 0.2) is 0 Å². The van der Waals surface area contributed by atoms with Gasteiger partial charge in [0.25, 0.3) is 0 Å². The van der Waals surface area contributed by atoms with Crippen molar-refractivity contribution in [2.24, 2.45) is 5.41 Å². The van der Waals surface area contributed by atoms with Gasteiger partial charge in [-0.05, 0) is 42.7 Å². The summed E-state index contributed by atoms with van der Waals surface area (Å²) in [6.45, 7) is 4.09. The molecule has 1 unspecified atom stereocenters. The fourth-order valence-corrected chi connectivity index (χ4v) is 3.30. The predicted molar refractivity (Wildman–Crippen MR) is 99.6 cm³/mol. The maximum atomic E-state index is 13.0. The highest BCUT2D eigenvalue weighted by atomic mass is 19.1. The first kappa shape index (κ1) is 17.7. The van der Waals surface area contributed by atoms with Gasteiger partial charge >= 0.3 is 6.03 Å². The van der Waals surface area contributed by atoms with E-state index >= 15 is 0 Å². The monoisotopic (exact) mass is 349 g/mol. The number of carbonyl (C=O) groups is 1. The van der Waals surface area contributed by atoms with Crippen LogP contribution in [0.2, 0.25) is 0 Å². The van der Waals surface area contributed by atoms with E-state index < -0.39 is 6.03 Å². The van der Waals surface area contributed by atoms with Crippen molar-refractivity contribution in [2.45, 2.75) is 26.7 Å². The van der Waals surface area contributed by atoms with Crippen LogP contribution in [-0.2, 0) is 6.42 Å². The Bertz CT molecular complexity index is 912. The number of allylic oxidation sites excluding steroid dienone is 1. The summed E-state index contributed by atoms with van der Waals surface area (Å²) < 4.78 is 13.0. The molecular formula is C21H20FN3O. The maximum Gasteiger partial charge on any atom is 0.323 e. The Morgan fingerprint density at radius 2 is 1.88 bits per heavy atom. The van der Waals surface area contributed by atoms with Crippen LogP contribution < -0.4 is 10.6 Å². The Morgan fingerprint density at radius 1 is 1.19 bits per heavy atom. The van der Waals surface area contributed by atoms with Crippen LogP contribution in [0.25, 0.3) is 5.70 Å². The fraction of sp³-hybridized carbons (Fsp3) is 0.238. The molecule has 0 saturated carbocycles. The van der Waals surface area contributed by atoms with E-state index in [0.29, 0.717) is 17.0 Å². The SMILES string of the molecule is CCC1(C)Cc2ccccc2C(NC(=O)Nc2ccc(F)cc2)=C1C#N. The van der Waals surface area contributed by atoms with Gasteiger partial charge in [-0.15, -0.1) is 0 Å². The summed E-state index contributed by atoms with van der Waals surface area (Å²) in [6.07, 6.45) is 1.54. The number of nitrogens with zero attached hydrogens (tertiary/aromatic N) is 1. The number of carbonyl (C=O) groups excluding carboxylic acids is 1. The first-order chi connectivity index (χ1) is 12.5. The van der Waals surface area contributed by atoms with Crippen LogP contribution in [-0.4, -0.2) is 6.03 Å². The fourth-order valence-electron chi connectivity index (χ4n) is 3.30. The lowest BCUT2D eigenvalue weighted by atomic mass is 9.69. The van der Waals surface area contributed by atoms with E-state index in [0.717, 1.165) is 24.0 Å². The number of urea groups is 1. The van der Waals surface area contributed by atoms with Gasteiger partial charge in [0.2, 0.25) is 0 Å². The molecule has 0 radical (unpaired) electrons. The Morgan fingerprint density at radius 3 is 2.54 bits per heavy atom. The minimum absolute atomic E-state index is 0.332. The van der Waals surface area contributed by atoms with E-state index in [4.69, 9.17) is 0 Å². The molecule has 1 aliphatic rings. The second kappa shape index (κ2) is 7.01. The Hall–Kier alpha value is -3.13. The van der Waals surface area contributed by atoms with Crippen LogP contribution >= 0.6 is 0 Å². The van der Waals surface area contributed by atoms with Crippen molar-refractivity contribution in [3.63, 3.8) is 0 Å². The number of hydrogen-bond donors (Lipinski definition) is 2. The molecule has 0 aromatic heterocycles. The lowest BCUT2D eigenvalue weighted by Gasteiger charge is -2.35. The van der Waals surface area contributed by atoms with Crippen LogP contribution in [0.5, 0.6) is 0 Å². The minimum Gasteiger partial charge on any atom is -0.308 e. The van der Waals surface area contributed by atoms with Crippen molar-refractivity contribution in [1.29, 1.82) is 5.26 Å². The van der Waals surface area contributed by atoms with Crippen molar-refractivity contribution in [1.82, 2.24) is 5.32 Å². The van der Waals surface area contributed by atoms with Crippen molar-refractivity contribution >= 4 is 17.4 Å². The molecule has 1 atom stereocenters. The zero-order valence-corrected chi connectivity index (χ0v) is 14.8. The van der Waals surface area contributed by atoms with Gasteiger partial charge in [-0.2, -0.15) is 5.26 Å².